The minimum Gasteiger partial charge on any atom is -0.349 e. The molecule has 1 aromatic carbocycles. The van der Waals surface area contributed by atoms with E-state index in [0.29, 0.717) is 0 Å². The number of rotatable bonds is 5. The van der Waals surface area contributed by atoms with Gasteiger partial charge in [-0.1, -0.05) is 18.2 Å². The molecule has 0 saturated heterocycles. The zero-order valence-corrected chi connectivity index (χ0v) is 12.7. The van der Waals surface area contributed by atoms with Crippen molar-refractivity contribution in [1.29, 1.82) is 0 Å². The number of hydrogen-bond acceptors (Lipinski definition) is 1. The van der Waals surface area contributed by atoms with E-state index in [9.17, 15) is 4.39 Å². The summed E-state index contributed by atoms with van der Waals surface area (Å²) in [5, 5.41) is 3.41. The molecule has 1 atom stereocenters. The number of hydrogen-bond donors (Lipinski definition) is 1. The maximum absolute atomic E-state index is 13.7. The molecule has 2 aromatic rings. The molecule has 20 heavy (non-hydrogen) atoms. The Labute approximate surface area is 120 Å². The van der Waals surface area contributed by atoms with Gasteiger partial charge in [-0.05, 0) is 45.4 Å². The lowest BCUT2D eigenvalue weighted by Gasteiger charge is -2.15. The van der Waals surface area contributed by atoms with Gasteiger partial charge in [0.05, 0.1) is 0 Å². The average Bonchev–Trinajstić information content (AvgIpc) is 2.70. The molecule has 0 saturated carbocycles. The molecule has 2 nitrogen and oxygen atoms in total. The first kappa shape index (κ1) is 14.8. The first-order valence-corrected chi connectivity index (χ1v) is 7.18. The third-order valence-corrected chi connectivity index (χ3v) is 3.97. The third kappa shape index (κ3) is 2.93. The first-order chi connectivity index (χ1) is 9.54. The van der Waals surface area contributed by atoms with E-state index in [-0.39, 0.29) is 11.9 Å². The van der Waals surface area contributed by atoms with Gasteiger partial charge in [0, 0.05) is 36.1 Å². The van der Waals surface area contributed by atoms with E-state index in [2.05, 4.69) is 36.7 Å². The van der Waals surface area contributed by atoms with Crippen LogP contribution in [0.3, 0.4) is 0 Å². The van der Waals surface area contributed by atoms with Crippen LogP contribution >= 0.6 is 0 Å². The smallest absolute Gasteiger partial charge is 0.127 e. The Bertz CT molecular complexity index is 587. The molecule has 0 aliphatic heterocycles. The van der Waals surface area contributed by atoms with Gasteiger partial charge in [0.2, 0.25) is 0 Å². The Balaban J connectivity index is 2.08. The van der Waals surface area contributed by atoms with Crippen LogP contribution < -0.4 is 5.32 Å². The van der Waals surface area contributed by atoms with Crippen LogP contribution in [0.5, 0.6) is 0 Å². The maximum atomic E-state index is 13.7. The molecule has 1 aromatic heterocycles. The summed E-state index contributed by atoms with van der Waals surface area (Å²) in [6.07, 6.45) is 0. The van der Waals surface area contributed by atoms with Crippen LogP contribution in [-0.4, -0.2) is 4.57 Å². The zero-order chi connectivity index (χ0) is 14.7. The lowest BCUT2D eigenvalue weighted by Crippen LogP contribution is -2.19. The van der Waals surface area contributed by atoms with Crippen molar-refractivity contribution in [2.24, 2.45) is 0 Å². The highest BCUT2D eigenvalue weighted by atomic mass is 19.1. The van der Waals surface area contributed by atoms with E-state index in [1.807, 2.05) is 19.1 Å². The van der Waals surface area contributed by atoms with Crippen LogP contribution in [0, 0.1) is 19.7 Å². The van der Waals surface area contributed by atoms with Gasteiger partial charge in [-0.25, -0.2) is 4.39 Å². The normalized spacial score (nSPS) is 12.7. The summed E-state index contributed by atoms with van der Waals surface area (Å²) in [5.41, 5.74) is 4.57. The fourth-order valence-electron chi connectivity index (χ4n) is 2.74. The van der Waals surface area contributed by atoms with Gasteiger partial charge in [0.15, 0.2) is 0 Å². The number of nitrogens with one attached hydrogen (secondary N) is 1. The Hall–Kier alpha value is -1.61. The lowest BCUT2D eigenvalue weighted by atomic mass is 10.1. The van der Waals surface area contributed by atoms with Crippen molar-refractivity contribution in [3.63, 3.8) is 0 Å². The molecule has 0 spiro atoms. The average molecular weight is 274 g/mol. The minimum absolute atomic E-state index is 0.000817. The zero-order valence-electron chi connectivity index (χ0n) is 12.7. The largest absolute Gasteiger partial charge is 0.349 e. The highest BCUT2D eigenvalue weighted by Gasteiger charge is 2.12. The molecule has 0 bridgehead atoms. The van der Waals surface area contributed by atoms with Crippen molar-refractivity contribution in [1.82, 2.24) is 9.88 Å². The minimum atomic E-state index is -0.147. The topological polar surface area (TPSA) is 17.0 Å². The van der Waals surface area contributed by atoms with Crippen molar-refractivity contribution in [3.8, 4) is 0 Å². The molecule has 0 aliphatic carbocycles. The molecule has 1 unspecified atom stereocenters. The lowest BCUT2D eigenvalue weighted by molar-refractivity contribution is 0.527. The number of benzene rings is 1. The summed E-state index contributed by atoms with van der Waals surface area (Å²) in [4.78, 5) is 0. The van der Waals surface area contributed by atoms with Crippen LogP contribution in [0.1, 0.15) is 42.4 Å². The Morgan fingerprint density at radius 1 is 1.25 bits per heavy atom. The molecule has 108 valence electrons. The highest BCUT2D eigenvalue weighted by Crippen LogP contribution is 2.19. The van der Waals surface area contributed by atoms with Gasteiger partial charge >= 0.3 is 0 Å². The van der Waals surface area contributed by atoms with Gasteiger partial charge in [-0.3, -0.25) is 0 Å². The number of halogens is 1. The monoisotopic (exact) mass is 274 g/mol. The van der Waals surface area contributed by atoms with Crippen LogP contribution in [0.2, 0.25) is 0 Å². The second kappa shape index (κ2) is 6.23. The van der Waals surface area contributed by atoms with Crippen molar-refractivity contribution in [2.45, 2.75) is 46.8 Å². The fourth-order valence-corrected chi connectivity index (χ4v) is 2.74. The van der Waals surface area contributed by atoms with Crippen molar-refractivity contribution >= 4 is 0 Å². The summed E-state index contributed by atoms with van der Waals surface area (Å²) >= 11 is 0. The molecular weight excluding hydrogens is 251 g/mol. The van der Waals surface area contributed by atoms with Crippen molar-refractivity contribution < 1.29 is 4.39 Å². The van der Waals surface area contributed by atoms with Gasteiger partial charge in [-0.2, -0.15) is 0 Å². The van der Waals surface area contributed by atoms with Gasteiger partial charge in [-0.15, -0.1) is 0 Å². The van der Waals surface area contributed by atoms with Crippen LogP contribution in [0.4, 0.5) is 4.39 Å². The predicted molar refractivity (Wildman–Crippen MR) is 81.2 cm³/mol. The highest BCUT2D eigenvalue weighted by molar-refractivity contribution is 5.27. The molecule has 0 amide bonds. The van der Waals surface area contributed by atoms with Crippen molar-refractivity contribution in [2.75, 3.05) is 0 Å². The van der Waals surface area contributed by atoms with Gasteiger partial charge in [0.1, 0.15) is 5.82 Å². The Morgan fingerprint density at radius 2 is 1.95 bits per heavy atom. The molecule has 0 radical (unpaired) electrons. The van der Waals surface area contributed by atoms with E-state index >= 15 is 0 Å². The Morgan fingerprint density at radius 3 is 2.55 bits per heavy atom. The first-order valence-electron chi connectivity index (χ1n) is 7.18. The maximum Gasteiger partial charge on any atom is 0.127 e. The van der Waals surface area contributed by atoms with Crippen LogP contribution in [-0.2, 0) is 13.1 Å². The molecule has 1 heterocycles. The molecule has 0 fully saturated rings. The summed E-state index contributed by atoms with van der Waals surface area (Å²) in [6.45, 7) is 10.2. The van der Waals surface area contributed by atoms with Crippen LogP contribution in [0.15, 0.2) is 30.3 Å². The number of nitrogens with zero attached hydrogens (tertiary/aromatic N) is 1. The van der Waals surface area contributed by atoms with Crippen molar-refractivity contribution in [3.05, 3.63) is 58.7 Å². The molecule has 0 aliphatic rings. The van der Waals surface area contributed by atoms with Gasteiger partial charge in [0.25, 0.3) is 0 Å². The number of aryl methyl sites for hydroxylation is 1. The van der Waals surface area contributed by atoms with Gasteiger partial charge < -0.3 is 9.88 Å². The molecular formula is C17H23FN2. The summed E-state index contributed by atoms with van der Waals surface area (Å²) in [5.74, 6) is -0.147. The van der Waals surface area contributed by atoms with E-state index in [4.69, 9.17) is 0 Å². The van der Waals surface area contributed by atoms with E-state index in [1.54, 1.807) is 6.07 Å². The summed E-state index contributed by atoms with van der Waals surface area (Å²) < 4.78 is 16.0. The standard InChI is InChI=1S/C17H23FN2/c1-5-20-12(2)10-15(14(20)4)11-19-13(3)16-8-6-7-9-17(16)18/h6-10,13,19H,5,11H2,1-4H3. The van der Waals surface area contributed by atoms with E-state index in [1.165, 1.54) is 23.0 Å². The second-order valence-electron chi connectivity index (χ2n) is 5.26. The van der Waals surface area contributed by atoms with E-state index in [0.717, 1.165) is 18.7 Å². The SMILES string of the molecule is CCn1c(C)cc(CNC(C)c2ccccc2F)c1C. The molecule has 1 N–H and O–H groups in total. The quantitative estimate of drug-likeness (QED) is 0.868. The fraction of sp³-hybridized carbons (Fsp3) is 0.412. The summed E-state index contributed by atoms with van der Waals surface area (Å²) in [7, 11) is 0. The predicted octanol–water partition coefficient (Wildman–Crippen LogP) is 4.11. The molecule has 3 heteroatoms. The Kier molecular flexibility index (Phi) is 4.61. The summed E-state index contributed by atoms with van der Waals surface area (Å²) in [6, 6.07) is 9.15. The number of aromatic nitrogens is 1. The van der Waals surface area contributed by atoms with Crippen LogP contribution in [0.25, 0.3) is 0 Å². The third-order valence-electron chi connectivity index (χ3n) is 3.97. The van der Waals surface area contributed by atoms with E-state index < -0.39 is 0 Å². The second-order valence-corrected chi connectivity index (χ2v) is 5.26. The molecule has 2 rings (SSSR count).